The highest BCUT2D eigenvalue weighted by Crippen LogP contribution is 2.22. The minimum atomic E-state index is -0.250. The van der Waals surface area contributed by atoms with Gasteiger partial charge in [0.25, 0.3) is 5.91 Å². The van der Waals surface area contributed by atoms with Gasteiger partial charge in [-0.25, -0.2) is 9.37 Å². The Morgan fingerprint density at radius 3 is 2.44 bits per heavy atom. The zero-order valence-corrected chi connectivity index (χ0v) is 22.1. The van der Waals surface area contributed by atoms with Gasteiger partial charge in [-0.15, -0.1) is 0 Å². The van der Waals surface area contributed by atoms with Gasteiger partial charge in [0.2, 0.25) is 5.95 Å². The molecule has 39 heavy (non-hydrogen) atoms. The quantitative estimate of drug-likeness (QED) is 0.269. The molecule has 2 aromatic heterocycles. The van der Waals surface area contributed by atoms with Crippen molar-refractivity contribution in [3.05, 3.63) is 102 Å². The summed E-state index contributed by atoms with van der Waals surface area (Å²) in [6.07, 6.45) is 5.26. The number of pyridine rings is 1. The first-order valence-corrected chi connectivity index (χ1v) is 13.1. The fraction of sp³-hybridized carbons (Fsp3) is 0.267. The number of benzene rings is 2. The number of nitrogens with zero attached hydrogens (tertiary/aromatic N) is 4. The highest BCUT2D eigenvalue weighted by atomic mass is 19.1. The summed E-state index contributed by atoms with van der Waals surface area (Å²) in [6, 6.07) is 20.4. The summed E-state index contributed by atoms with van der Waals surface area (Å²) in [5.41, 5.74) is 3.74. The monoisotopic (exact) mass is 525 g/mol. The van der Waals surface area contributed by atoms with Crippen molar-refractivity contribution in [2.24, 2.45) is 0 Å². The summed E-state index contributed by atoms with van der Waals surface area (Å²) in [6.45, 7) is 5.27. The van der Waals surface area contributed by atoms with Crippen LogP contribution in [0.3, 0.4) is 0 Å². The first-order valence-electron chi connectivity index (χ1n) is 13.1. The Hall–Kier alpha value is -4.37. The maximum Gasteiger partial charge on any atom is 0.253 e. The van der Waals surface area contributed by atoms with Gasteiger partial charge in [0.1, 0.15) is 11.6 Å². The molecule has 0 radical (unpaired) electrons. The number of aromatic nitrogens is 3. The summed E-state index contributed by atoms with van der Waals surface area (Å²) < 4.78 is 13.5. The number of amides is 1. The lowest BCUT2D eigenvalue weighted by atomic mass is 10.0. The van der Waals surface area contributed by atoms with Gasteiger partial charge in [-0.3, -0.25) is 9.78 Å². The Bertz CT molecular complexity index is 1410. The molecule has 9 heteroatoms. The maximum atomic E-state index is 13.5. The van der Waals surface area contributed by atoms with E-state index >= 15 is 0 Å². The second kappa shape index (κ2) is 12.0. The molecule has 1 atom stereocenters. The van der Waals surface area contributed by atoms with Crippen molar-refractivity contribution in [2.75, 3.05) is 23.7 Å². The van der Waals surface area contributed by atoms with Crippen molar-refractivity contribution in [2.45, 2.75) is 38.8 Å². The number of hydrogen-bond donors (Lipinski definition) is 3. The van der Waals surface area contributed by atoms with E-state index < -0.39 is 0 Å². The molecule has 1 aliphatic rings. The third kappa shape index (κ3) is 6.74. The van der Waals surface area contributed by atoms with E-state index in [2.05, 4.69) is 37.8 Å². The van der Waals surface area contributed by atoms with Gasteiger partial charge in [-0.05, 0) is 92.9 Å². The minimum absolute atomic E-state index is 0.0369. The van der Waals surface area contributed by atoms with E-state index in [9.17, 15) is 9.18 Å². The number of carbonyl (C=O) groups excluding carboxylic acids is 1. The summed E-state index contributed by atoms with van der Waals surface area (Å²) in [7, 11) is 0. The van der Waals surface area contributed by atoms with E-state index in [0.29, 0.717) is 42.0 Å². The SMILES string of the molecule is Cc1cc(Nc2ccnc(Nc3ccc(C(=O)N4CCC(NC(C)c5ccccn5)CC4)cc3)n2)ccc1F. The lowest BCUT2D eigenvalue weighted by Crippen LogP contribution is -2.45. The normalized spacial score (nSPS) is 14.6. The topological polar surface area (TPSA) is 95.1 Å². The van der Waals surface area contributed by atoms with E-state index in [0.717, 1.165) is 29.9 Å². The predicted octanol–water partition coefficient (Wildman–Crippen LogP) is 5.76. The molecule has 1 saturated heterocycles. The smallest absolute Gasteiger partial charge is 0.253 e. The van der Waals surface area contributed by atoms with Crippen LogP contribution in [-0.4, -0.2) is 44.9 Å². The van der Waals surface area contributed by atoms with Crippen LogP contribution < -0.4 is 16.0 Å². The fourth-order valence-corrected chi connectivity index (χ4v) is 4.69. The lowest BCUT2D eigenvalue weighted by Gasteiger charge is -2.34. The Kier molecular flexibility index (Phi) is 8.07. The van der Waals surface area contributed by atoms with Crippen LogP contribution in [0.15, 0.2) is 79.1 Å². The third-order valence-corrected chi connectivity index (χ3v) is 6.87. The molecule has 5 rings (SSSR count). The van der Waals surface area contributed by atoms with Gasteiger partial charge < -0.3 is 20.9 Å². The highest BCUT2D eigenvalue weighted by Gasteiger charge is 2.25. The number of likely N-dealkylation sites (tertiary alicyclic amines) is 1. The van der Waals surface area contributed by atoms with Crippen LogP contribution in [-0.2, 0) is 0 Å². The molecule has 0 bridgehead atoms. The average molecular weight is 526 g/mol. The van der Waals surface area contributed by atoms with Crippen LogP contribution in [0.25, 0.3) is 0 Å². The summed E-state index contributed by atoms with van der Waals surface area (Å²) >= 11 is 0. The van der Waals surface area contributed by atoms with E-state index in [1.54, 1.807) is 31.3 Å². The number of halogens is 1. The van der Waals surface area contributed by atoms with Gasteiger partial charge in [0.05, 0.1) is 5.69 Å². The fourth-order valence-electron chi connectivity index (χ4n) is 4.69. The zero-order valence-electron chi connectivity index (χ0n) is 22.1. The molecule has 1 aliphatic heterocycles. The molecule has 200 valence electrons. The number of nitrogens with one attached hydrogen (secondary N) is 3. The number of piperidine rings is 1. The van der Waals surface area contributed by atoms with Crippen molar-refractivity contribution in [1.82, 2.24) is 25.2 Å². The van der Waals surface area contributed by atoms with Crippen molar-refractivity contribution in [3.63, 3.8) is 0 Å². The van der Waals surface area contributed by atoms with Crippen LogP contribution in [0.2, 0.25) is 0 Å². The second-order valence-electron chi connectivity index (χ2n) is 9.77. The van der Waals surface area contributed by atoms with Crippen LogP contribution in [0.4, 0.5) is 27.5 Å². The summed E-state index contributed by atoms with van der Waals surface area (Å²) in [5, 5.41) is 9.98. The molecular weight excluding hydrogens is 493 g/mol. The average Bonchev–Trinajstić information content (AvgIpc) is 2.96. The largest absolute Gasteiger partial charge is 0.340 e. The van der Waals surface area contributed by atoms with Crippen molar-refractivity contribution < 1.29 is 9.18 Å². The predicted molar refractivity (Wildman–Crippen MR) is 151 cm³/mol. The molecule has 1 amide bonds. The number of aryl methyl sites for hydroxylation is 1. The second-order valence-corrected chi connectivity index (χ2v) is 9.77. The van der Waals surface area contributed by atoms with E-state index in [-0.39, 0.29) is 17.8 Å². The van der Waals surface area contributed by atoms with Gasteiger partial charge in [-0.2, -0.15) is 4.98 Å². The van der Waals surface area contributed by atoms with Crippen LogP contribution in [0, 0.1) is 12.7 Å². The zero-order chi connectivity index (χ0) is 27.2. The highest BCUT2D eigenvalue weighted by molar-refractivity contribution is 5.94. The molecule has 2 aromatic carbocycles. The Morgan fingerprint density at radius 1 is 0.949 bits per heavy atom. The van der Waals surface area contributed by atoms with Crippen molar-refractivity contribution >= 4 is 29.0 Å². The molecule has 4 aromatic rings. The van der Waals surface area contributed by atoms with Crippen molar-refractivity contribution in [3.8, 4) is 0 Å². The molecule has 8 nitrogen and oxygen atoms in total. The first-order chi connectivity index (χ1) is 18.9. The van der Waals surface area contributed by atoms with E-state index in [4.69, 9.17) is 0 Å². The third-order valence-electron chi connectivity index (χ3n) is 6.87. The molecule has 1 fully saturated rings. The summed E-state index contributed by atoms with van der Waals surface area (Å²) in [4.78, 5) is 28.2. The van der Waals surface area contributed by atoms with Gasteiger partial charge >= 0.3 is 0 Å². The summed E-state index contributed by atoms with van der Waals surface area (Å²) in [5.74, 6) is 0.778. The van der Waals surface area contributed by atoms with Crippen molar-refractivity contribution in [1.29, 1.82) is 0 Å². The maximum absolute atomic E-state index is 13.5. The Balaban J connectivity index is 1.13. The molecule has 3 heterocycles. The molecular formula is C30H32FN7O. The molecule has 0 spiro atoms. The number of carbonyl (C=O) groups is 1. The molecule has 0 aliphatic carbocycles. The Labute approximate surface area is 227 Å². The minimum Gasteiger partial charge on any atom is -0.340 e. The van der Waals surface area contributed by atoms with Crippen LogP contribution >= 0.6 is 0 Å². The van der Waals surface area contributed by atoms with E-state index in [1.807, 2.05) is 53.6 Å². The molecule has 0 saturated carbocycles. The van der Waals surface area contributed by atoms with Gasteiger partial charge in [0.15, 0.2) is 0 Å². The van der Waals surface area contributed by atoms with Gasteiger partial charge in [0, 0.05) is 54.5 Å². The number of rotatable bonds is 8. The standard InChI is InChI=1S/C30H32FN7O/c1-20-19-25(10-11-26(20)31)35-28-12-16-33-30(37-28)36-23-8-6-22(7-9-23)29(39)38-17-13-24(14-18-38)34-21(2)27-5-3-4-15-32-27/h3-12,15-16,19,21,24,34H,13-14,17-18H2,1-2H3,(H2,33,35,36,37). The van der Waals surface area contributed by atoms with E-state index in [1.165, 1.54) is 6.07 Å². The first kappa shape index (κ1) is 26.2. The molecule has 1 unspecified atom stereocenters. The molecule has 3 N–H and O–H groups in total. The van der Waals surface area contributed by atoms with Gasteiger partial charge in [-0.1, -0.05) is 6.07 Å². The number of hydrogen-bond acceptors (Lipinski definition) is 7. The van der Waals surface area contributed by atoms with Crippen LogP contribution in [0.5, 0.6) is 0 Å². The number of anilines is 4. The lowest BCUT2D eigenvalue weighted by molar-refractivity contribution is 0.0702. The van der Waals surface area contributed by atoms with Crippen LogP contribution in [0.1, 0.15) is 47.4 Å². The Morgan fingerprint density at radius 2 is 1.72 bits per heavy atom.